The minimum Gasteiger partial charge on any atom is -0.361 e. The summed E-state index contributed by atoms with van der Waals surface area (Å²) in [6.45, 7) is 4.72. The molecule has 0 radical (unpaired) electrons. The highest BCUT2D eigenvalue weighted by molar-refractivity contribution is 7.88. The number of hydrogen-bond acceptors (Lipinski definition) is 5. The lowest BCUT2D eigenvalue weighted by Gasteiger charge is -2.17. The smallest absolute Gasteiger partial charge is 0.219 e. The average molecular weight is 273 g/mol. The van der Waals surface area contributed by atoms with Crippen molar-refractivity contribution >= 4 is 10.0 Å². The van der Waals surface area contributed by atoms with Crippen LogP contribution in [-0.4, -0.2) is 37.0 Å². The van der Waals surface area contributed by atoms with Crippen LogP contribution in [0.25, 0.3) is 0 Å². The van der Waals surface area contributed by atoms with E-state index in [0.29, 0.717) is 24.5 Å². The molecule has 7 heteroatoms. The Morgan fingerprint density at radius 1 is 1.67 bits per heavy atom. The molecule has 1 fully saturated rings. The summed E-state index contributed by atoms with van der Waals surface area (Å²) in [4.78, 5) is 0. The van der Waals surface area contributed by atoms with Crippen LogP contribution in [0.4, 0.5) is 0 Å². The van der Waals surface area contributed by atoms with Crippen molar-refractivity contribution in [3.8, 4) is 0 Å². The third-order valence-corrected chi connectivity index (χ3v) is 5.11. The summed E-state index contributed by atoms with van der Waals surface area (Å²) in [6, 6.07) is 1.68. The second-order valence-corrected chi connectivity index (χ2v) is 6.92. The second-order valence-electron chi connectivity index (χ2n) is 4.95. The number of hydrogen-bond donors (Lipinski definition) is 1. The predicted octanol–water partition coefficient (Wildman–Crippen LogP) is 0.482. The quantitative estimate of drug-likeness (QED) is 0.862. The lowest BCUT2D eigenvalue weighted by molar-refractivity contribution is 0.390. The maximum Gasteiger partial charge on any atom is 0.219 e. The Hall–Kier alpha value is -0.920. The van der Waals surface area contributed by atoms with E-state index >= 15 is 0 Å². The molecule has 2 atom stereocenters. The molecule has 0 aromatic carbocycles. The molecule has 2 heterocycles. The third-order valence-electron chi connectivity index (χ3n) is 3.33. The molecule has 1 saturated heterocycles. The van der Waals surface area contributed by atoms with Gasteiger partial charge in [-0.2, -0.15) is 0 Å². The predicted molar refractivity (Wildman–Crippen MR) is 67.2 cm³/mol. The molecular weight excluding hydrogens is 254 g/mol. The average Bonchev–Trinajstić information content (AvgIpc) is 2.86. The van der Waals surface area contributed by atoms with Crippen LogP contribution >= 0.6 is 0 Å². The van der Waals surface area contributed by atoms with E-state index in [1.54, 1.807) is 13.0 Å². The molecule has 1 aromatic rings. The number of nitrogens with two attached hydrogens (primary N) is 1. The summed E-state index contributed by atoms with van der Waals surface area (Å²) >= 11 is 0. The lowest BCUT2D eigenvalue weighted by atomic mass is 10.0. The molecule has 0 aliphatic carbocycles. The van der Waals surface area contributed by atoms with E-state index in [2.05, 4.69) is 5.16 Å². The van der Waals surface area contributed by atoms with Crippen molar-refractivity contribution in [2.45, 2.75) is 32.1 Å². The van der Waals surface area contributed by atoms with E-state index in [9.17, 15) is 8.42 Å². The van der Waals surface area contributed by atoms with Crippen LogP contribution < -0.4 is 5.73 Å². The molecule has 0 bridgehead atoms. The van der Waals surface area contributed by atoms with Gasteiger partial charge in [-0.1, -0.05) is 5.16 Å². The van der Waals surface area contributed by atoms with Crippen LogP contribution in [0, 0.1) is 12.8 Å². The van der Waals surface area contributed by atoms with Gasteiger partial charge in [-0.25, -0.2) is 12.7 Å². The van der Waals surface area contributed by atoms with Crippen molar-refractivity contribution in [2.24, 2.45) is 11.7 Å². The molecule has 2 rings (SSSR count). The molecule has 0 saturated carbocycles. The molecule has 0 amide bonds. The normalized spacial score (nSPS) is 23.4. The minimum atomic E-state index is -3.31. The van der Waals surface area contributed by atoms with Crippen molar-refractivity contribution in [1.29, 1.82) is 0 Å². The number of rotatable bonds is 4. The second kappa shape index (κ2) is 4.99. The molecule has 2 unspecified atom stereocenters. The first-order valence-electron chi connectivity index (χ1n) is 6.04. The summed E-state index contributed by atoms with van der Waals surface area (Å²) in [7, 11) is -3.31. The van der Waals surface area contributed by atoms with Gasteiger partial charge in [-0.3, -0.25) is 0 Å². The van der Waals surface area contributed by atoms with Crippen LogP contribution in [-0.2, 0) is 15.8 Å². The topological polar surface area (TPSA) is 89.4 Å². The molecular formula is C11H19N3O3S. The van der Waals surface area contributed by atoms with Gasteiger partial charge in [0, 0.05) is 25.2 Å². The highest BCUT2D eigenvalue weighted by atomic mass is 32.2. The van der Waals surface area contributed by atoms with Crippen LogP contribution in [0.5, 0.6) is 0 Å². The van der Waals surface area contributed by atoms with E-state index < -0.39 is 10.0 Å². The fraction of sp³-hybridized carbons (Fsp3) is 0.727. The molecule has 1 aliphatic rings. The van der Waals surface area contributed by atoms with Crippen molar-refractivity contribution in [3.05, 3.63) is 17.5 Å². The van der Waals surface area contributed by atoms with Gasteiger partial charge in [-0.15, -0.1) is 0 Å². The van der Waals surface area contributed by atoms with E-state index in [-0.39, 0.29) is 17.7 Å². The van der Waals surface area contributed by atoms with Gasteiger partial charge >= 0.3 is 0 Å². The summed E-state index contributed by atoms with van der Waals surface area (Å²) in [5, 5.41) is 3.72. The van der Waals surface area contributed by atoms with Crippen LogP contribution in [0.2, 0.25) is 0 Å². The molecule has 102 valence electrons. The van der Waals surface area contributed by atoms with Crippen LogP contribution in [0.1, 0.15) is 24.8 Å². The van der Waals surface area contributed by atoms with Gasteiger partial charge in [0.25, 0.3) is 0 Å². The van der Waals surface area contributed by atoms with E-state index in [1.165, 1.54) is 4.31 Å². The zero-order valence-corrected chi connectivity index (χ0v) is 11.5. The number of aryl methyl sites for hydroxylation is 1. The first-order valence-corrected chi connectivity index (χ1v) is 7.65. The van der Waals surface area contributed by atoms with Crippen molar-refractivity contribution in [1.82, 2.24) is 9.46 Å². The lowest BCUT2D eigenvalue weighted by Crippen LogP contribution is -2.33. The Morgan fingerprint density at radius 3 is 2.89 bits per heavy atom. The van der Waals surface area contributed by atoms with Crippen LogP contribution in [0.15, 0.2) is 10.6 Å². The molecule has 1 aliphatic heterocycles. The Balaban J connectivity index is 2.04. The zero-order valence-electron chi connectivity index (χ0n) is 10.7. The monoisotopic (exact) mass is 273 g/mol. The van der Waals surface area contributed by atoms with Gasteiger partial charge in [0.2, 0.25) is 10.0 Å². The third kappa shape index (κ3) is 2.90. The first kappa shape index (κ1) is 13.5. The Morgan fingerprint density at radius 2 is 2.39 bits per heavy atom. The van der Waals surface area contributed by atoms with Gasteiger partial charge in [-0.05, 0) is 26.2 Å². The minimum absolute atomic E-state index is 0.0273. The standard InChI is InChI=1S/C11H19N3O3S/c1-8-5-11(13-17-8)7-18(15,16)14-4-3-10(6-14)9(2)12/h5,9-10H,3-4,6-7,12H2,1-2H3. The van der Waals surface area contributed by atoms with Crippen LogP contribution in [0.3, 0.4) is 0 Å². The first-order chi connectivity index (χ1) is 8.38. The molecule has 18 heavy (non-hydrogen) atoms. The highest BCUT2D eigenvalue weighted by Gasteiger charge is 2.33. The maximum absolute atomic E-state index is 12.2. The van der Waals surface area contributed by atoms with E-state index in [1.807, 2.05) is 6.92 Å². The number of nitrogens with zero attached hydrogens (tertiary/aromatic N) is 2. The van der Waals surface area contributed by atoms with Gasteiger partial charge in [0.15, 0.2) is 0 Å². The molecule has 0 spiro atoms. The SMILES string of the molecule is Cc1cc(CS(=O)(=O)N2CCC(C(C)N)C2)no1. The number of sulfonamides is 1. The fourth-order valence-electron chi connectivity index (χ4n) is 2.20. The summed E-state index contributed by atoms with van der Waals surface area (Å²) < 4.78 is 30.8. The van der Waals surface area contributed by atoms with Crippen molar-refractivity contribution < 1.29 is 12.9 Å². The largest absolute Gasteiger partial charge is 0.361 e. The Kier molecular flexibility index (Phi) is 3.74. The van der Waals surface area contributed by atoms with Gasteiger partial charge < -0.3 is 10.3 Å². The summed E-state index contributed by atoms with van der Waals surface area (Å²) in [5.41, 5.74) is 6.27. The molecule has 1 aromatic heterocycles. The van der Waals surface area contributed by atoms with Crippen molar-refractivity contribution in [2.75, 3.05) is 13.1 Å². The molecule has 6 nitrogen and oxygen atoms in total. The van der Waals surface area contributed by atoms with Crippen molar-refractivity contribution in [3.63, 3.8) is 0 Å². The van der Waals surface area contributed by atoms with E-state index in [4.69, 9.17) is 10.3 Å². The summed E-state index contributed by atoms with van der Waals surface area (Å²) in [5.74, 6) is 0.768. The van der Waals surface area contributed by atoms with Gasteiger partial charge in [0.05, 0.1) is 0 Å². The Labute approximate surface area is 107 Å². The highest BCUT2D eigenvalue weighted by Crippen LogP contribution is 2.23. The maximum atomic E-state index is 12.2. The number of aromatic nitrogens is 1. The van der Waals surface area contributed by atoms with Gasteiger partial charge in [0.1, 0.15) is 17.2 Å². The fourth-order valence-corrected chi connectivity index (χ4v) is 3.69. The van der Waals surface area contributed by atoms with E-state index in [0.717, 1.165) is 6.42 Å². The molecule has 2 N–H and O–H groups in total. The Bertz CT molecular complexity index is 509. The summed E-state index contributed by atoms with van der Waals surface area (Å²) in [6.07, 6.45) is 0.828. The zero-order chi connectivity index (χ0) is 13.3.